The highest BCUT2D eigenvalue weighted by Gasteiger charge is 2.31. The van der Waals surface area contributed by atoms with E-state index in [2.05, 4.69) is 5.32 Å². The number of aliphatic hydroxyl groups excluding tert-OH is 1. The van der Waals surface area contributed by atoms with Gasteiger partial charge in [0.1, 0.15) is 0 Å². The molecule has 0 fully saturated rings. The highest BCUT2D eigenvalue weighted by molar-refractivity contribution is 5.95. The molecule has 0 aromatic heterocycles. The molecule has 1 aliphatic heterocycles. The van der Waals surface area contributed by atoms with Crippen LogP contribution in [-0.2, 0) is 4.79 Å². The smallest absolute Gasteiger partial charge is 0.286 e. The van der Waals surface area contributed by atoms with Crippen LogP contribution in [-0.4, -0.2) is 11.0 Å². The van der Waals surface area contributed by atoms with E-state index < -0.39 is 0 Å². The fourth-order valence-electron chi connectivity index (χ4n) is 2.03. The maximum Gasteiger partial charge on any atom is 0.286 e. The minimum absolute atomic E-state index is 0.101. The van der Waals surface area contributed by atoms with Gasteiger partial charge in [0.25, 0.3) is 5.91 Å². The second kappa shape index (κ2) is 4.39. The van der Waals surface area contributed by atoms with Gasteiger partial charge in [0.2, 0.25) is 0 Å². The lowest BCUT2D eigenvalue weighted by Crippen LogP contribution is -2.22. The Bertz CT molecular complexity index is 423. The molecule has 0 bridgehead atoms. The summed E-state index contributed by atoms with van der Waals surface area (Å²) < 4.78 is 0. The van der Waals surface area contributed by atoms with Crippen molar-refractivity contribution in [2.45, 2.75) is 25.8 Å². The van der Waals surface area contributed by atoms with Gasteiger partial charge in [-0.2, -0.15) is 0 Å². The first kappa shape index (κ1) is 10.7. The van der Waals surface area contributed by atoms with Crippen molar-refractivity contribution < 1.29 is 9.90 Å². The molecule has 0 spiro atoms. The van der Waals surface area contributed by atoms with Crippen LogP contribution in [0.2, 0.25) is 0 Å². The number of amides is 1. The summed E-state index contributed by atoms with van der Waals surface area (Å²) in [6.45, 7) is 2.03. The fraction of sp³-hybridized carbons (Fsp3) is 0.308. The SMILES string of the molecule is CCCC1=C(O)C(=O)NC1c1ccccc1. The van der Waals surface area contributed by atoms with Crippen molar-refractivity contribution >= 4 is 5.91 Å². The number of rotatable bonds is 3. The molecule has 1 heterocycles. The predicted molar refractivity (Wildman–Crippen MR) is 61.9 cm³/mol. The average molecular weight is 217 g/mol. The Morgan fingerprint density at radius 2 is 2.00 bits per heavy atom. The molecule has 1 aromatic rings. The van der Waals surface area contributed by atoms with Crippen LogP contribution in [0.1, 0.15) is 31.4 Å². The Morgan fingerprint density at radius 1 is 1.31 bits per heavy atom. The van der Waals surface area contributed by atoms with Gasteiger partial charge in [-0.05, 0) is 12.0 Å². The van der Waals surface area contributed by atoms with Gasteiger partial charge in [0.05, 0.1) is 6.04 Å². The standard InChI is InChI=1S/C13H15NO2/c1-2-6-10-11(14-13(16)12(10)15)9-7-4-3-5-8-9/h3-5,7-8,11,15H,2,6H2,1H3,(H,14,16). The van der Waals surface area contributed by atoms with Gasteiger partial charge in [-0.25, -0.2) is 0 Å². The molecule has 1 atom stereocenters. The van der Waals surface area contributed by atoms with Crippen molar-refractivity contribution in [3.05, 3.63) is 47.2 Å². The molecule has 84 valence electrons. The minimum Gasteiger partial charge on any atom is -0.503 e. The lowest BCUT2D eigenvalue weighted by atomic mass is 9.97. The Labute approximate surface area is 94.8 Å². The van der Waals surface area contributed by atoms with Crippen LogP contribution >= 0.6 is 0 Å². The predicted octanol–water partition coefficient (Wildman–Crippen LogP) is 2.47. The summed E-state index contributed by atoms with van der Waals surface area (Å²) in [5, 5.41) is 12.5. The van der Waals surface area contributed by atoms with Gasteiger partial charge in [-0.3, -0.25) is 4.79 Å². The number of hydrogen-bond donors (Lipinski definition) is 2. The van der Waals surface area contributed by atoms with Crippen LogP contribution in [0.5, 0.6) is 0 Å². The molecule has 1 aromatic carbocycles. The van der Waals surface area contributed by atoms with Crippen molar-refractivity contribution in [3.63, 3.8) is 0 Å². The summed E-state index contributed by atoms with van der Waals surface area (Å²) in [5.74, 6) is -0.465. The number of nitrogens with one attached hydrogen (secondary N) is 1. The second-order valence-corrected chi connectivity index (χ2v) is 3.94. The first-order valence-electron chi connectivity index (χ1n) is 5.52. The third-order valence-corrected chi connectivity index (χ3v) is 2.80. The van der Waals surface area contributed by atoms with Gasteiger partial charge < -0.3 is 10.4 Å². The van der Waals surface area contributed by atoms with Crippen LogP contribution < -0.4 is 5.32 Å². The quantitative estimate of drug-likeness (QED) is 0.817. The average Bonchev–Trinajstić information content (AvgIpc) is 2.59. The van der Waals surface area contributed by atoms with E-state index in [-0.39, 0.29) is 17.7 Å². The summed E-state index contributed by atoms with van der Waals surface area (Å²) in [7, 11) is 0. The van der Waals surface area contributed by atoms with Crippen LogP contribution in [0.15, 0.2) is 41.7 Å². The lowest BCUT2D eigenvalue weighted by molar-refractivity contribution is -0.119. The molecule has 1 aliphatic rings. The van der Waals surface area contributed by atoms with Crippen molar-refractivity contribution in [3.8, 4) is 0 Å². The summed E-state index contributed by atoms with van der Waals surface area (Å²) in [6.07, 6.45) is 1.65. The van der Waals surface area contributed by atoms with Crippen molar-refractivity contribution in [1.29, 1.82) is 0 Å². The minimum atomic E-state index is -0.364. The molecule has 0 saturated heterocycles. The van der Waals surface area contributed by atoms with E-state index in [1.807, 2.05) is 37.3 Å². The molecule has 2 N–H and O–H groups in total. The maximum atomic E-state index is 11.4. The fourth-order valence-corrected chi connectivity index (χ4v) is 2.03. The third kappa shape index (κ3) is 1.81. The zero-order valence-electron chi connectivity index (χ0n) is 9.23. The largest absolute Gasteiger partial charge is 0.503 e. The van der Waals surface area contributed by atoms with E-state index >= 15 is 0 Å². The normalized spacial score (nSPS) is 20.1. The van der Waals surface area contributed by atoms with E-state index in [4.69, 9.17) is 0 Å². The first-order valence-corrected chi connectivity index (χ1v) is 5.52. The second-order valence-electron chi connectivity index (χ2n) is 3.94. The first-order chi connectivity index (χ1) is 7.74. The number of hydrogen-bond acceptors (Lipinski definition) is 2. The molecule has 0 aliphatic carbocycles. The summed E-state index contributed by atoms with van der Waals surface area (Å²) in [5.41, 5.74) is 1.82. The molecule has 0 radical (unpaired) electrons. The summed E-state index contributed by atoms with van der Waals surface area (Å²) >= 11 is 0. The lowest BCUT2D eigenvalue weighted by Gasteiger charge is -2.14. The Balaban J connectivity index is 2.33. The van der Waals surface area contributed by atoms with E-state index in [0.29, 0.717) is 0 Å². The van der Waals surface area contributed by atoms with Gasteiger partial charge in [0, 0.05) is 5.57 Å². The molecule has 16 heavy (non-hydrogen) atoms. The number of benzene rings is 1. The van der Waals surface area contributed by atoms with Crippen molar-refractivity contribution in [2.75, 3.05) is 0 Å². The summed E-state index contributed by atoms with van der Waals surface area (Å²) in [4.78, 5) is 11.4. The van der Waals surface area contributed by atoms with E-state index in [1.54, 1.807) is 0 Å². The Kier molecular flexibility index (Phi) is 2.95. The Morgan fingerprint density at radius 3 is 2.62 bits per heavy atom. The van der Waals surface area contributed by atoms with Crippen LogP contribution in [0.4, 0.5) is 0 Å². The Hall–Kier alpha value is -1.77. The molecule has 1 amide bonds. The van der Waals surface area contributed by atoms with Gasteiger partial charge >= 0.3 is 0 Å². The monoisotopic (exact) mass is 217 g/mol. The molecule has 1 unspecified atom stereocenters. The molecular formula is C13H15NO2. The van der Waals surface area contributed by atoms with Crippen molar-refractivity contribution in [1.82, 2.24) is 5.32 Å². The van der Waals surface area contributed by atoms with Crippen LogP contribution in [0.3, 0.4) is 0 Å². The third-order valence-electron chi connectivity index (χ3n) is 2.80. The maximum absolute atomic E-state index is 11.4. The number of aliphatic hydroxyl groups is 1. The molecule has 3 nitrogen and oxygen atoms in total. The number of carbonyl (C=O) groups is 1. The zero-order chi connectivity index (χ0) is 11.5. The molecule has 0 saturated carbocycles. The number of carbonyl (C=O) groups excluding carboxylic acids is 1. The molecular weight excluding hydrogens is 202 g/mol. The van der Waals surface area contributed by atoms with E-state index in [9.17, 15) is 9.90 Å². The molecule has 2 rings (SSSR count). The zero-order valence-corrected chi connectivity index (χ0v) is 9.23. The topological polar surface area (TPSA) is 49.3 Å². The highest BCUT2D eigenvalue weighted by atomic mass is 16.3. The molecule has 3 heteroatoms. The van der Waals surface area contributed by atoms with Gasteiger partial charge in [-0.1, -0.05) is 43.7 Å². The van der Waals surface area contributed by atoms with E-state index in [1.165, 1.54) is 0 Å². The van der Waals surface area contributed by atoms with E-state index in [0.717, 1.165) is 24.0 Å². The highest BCUT2D eigenvalue weighted by Crippen LogP contribution is 2.31. The van der Waals surface area contributed by atoms with Crippen LogP contribution in [0.25, 0.3) is 0 Å². The van der Waals surface area contributed by atoms with Gasteiger partial charge in [0.15, 0.2) is 5.76 Å². The summed E-state index contributed by atoms with van der Waals surface area (Å²) in [6, 6.07) is 9.55. The van der Waals surface area contributed by atoms with Crippen molar-refractivity contribution in [2.24, 2.45) is 0 Å². The van der Waals surface area contributed by atoms with Crippen LogP contribution in [0, 0.1) is 0 Å². The van der Waals surface area contributed by atoms with Gasteiger partial charge in [-0.15, -0.1) is 0 Å².